The molecule has 0 bridgehead atoms. The smallest absolute Gasteiger partial charge is 0.234 e. The number of carbonyl (C=O) groups excluding carboxylic acids is 1. The second kappa shape index (κ2) is 9.23. The van der Waals surface area contributed by atoms with Crippen LogP contribution in [0.3, 0.4) is 0 Å². The number of thioether (sulfide) groups is 1. The third kappa shape index (κ3) is 4.92. The van der Waals surface area contributed by atoms with Gasteiger partial charge in [-0.15, -0.1) is 10.2 Å². The van der Waals surface area contributed by atoms with E-state index in [-0.39, 0.29) is 17.7 Å². The first-order valence-electron chi connectivity index (χ1n) is 8.81. The van der Waals surface area contributed by atoms with Crippen molar-refractivity contribution in [1.29, 1.82) is 0 Å². The monoisotopic (exact) mass is 415 g/mol. The Labute approximate surface area is 173 Å². The maximum absolute atomic E-state index is 12.3. The van der Waals surface area contributed by atoms with Gasteiger partial charge in [0.05, 0.1) is 11.8 Å². The Balaban J connectivity index is 1.78. The van der Waals surface area contributed by atoms with Crippen molar-refractivity contribution in [3.63, 3.8) is 0 Å². The minimum Gasteiger partial charge on any atom is -0.325 e. The molecule has 0 saturated heterocycles. The summed E-state index contributed by atoms with van der Waals surface area (Å²) < 4.78 is 2.00. The van der Waals surface area contributed by atoms with Gasteiger partial charge in [0, 0.05) is 16.4 Å². The Morgan fingerprint density at radius 1 is 1.14 bits per heavy atom. The molecule has 8 heteroatoms. The van der Waals surface area contributed by atoms with E-state index in [2.05, 4.69) is 27.3 Å². The molecule has 28 heavy (non-hydrogen) atoms. The summed E-state index contributed by atoms with van der Waals surface area (Å²) in [7, 11) is 4.00. The Morgan fingerprint density at radius 2 is 1.82 bits per heavy atom. The van der Waals surface area contributed by atoms with Crippen LogP contribution in [0.1, 0.15) is 18.8 Å². The van der Waals surface area contributed by atoms with E-state index in [0.717, 1.165) is 11.5 Å². The van der Waals surface area contributed by atoms with Gasteiger partial charge in [0.15, 0.2) is 11.0 Å². The van der Waals surface area contributed by atoms with Crippen LogP contribution in [0, 0.1) is 0 Å². The van der Waals surface area contributed by atoms with E-state index in [4.69, 9.17) is 11.6 Å². The molecule has 0 aliphatic rings. The zero-order valence-corrected chi connectivity index (χ0v) is 17.5. The molecule has 0 saturated carbocycles. The molecule has 1 heterocycles. The normalized spacial score (nSPS) is 12.2. The summed E-state index contributed by atoms with van der Waals surface area (Å²) in [6.45, 7) is 2.07. The Kier molecular flexibility index (Phi) is 6.72. The number of hydrogen-bond donors (Lipinski definition) is 1. The predicted octanol–water partition coefficient (Wildman–Crippen LogP) is 4.27. The molecule has 0 radical (unpaired) electrons. The first-order chi connectivity index (χ1) is 13.5. The summed E-state index contributed by atoms with van der Waals surface area (Å²) in [6.07, 6.45) is 0. The van der Waals surface area contributed by atoms with E-state index >= 15 is 0 Å². The van der Waals surface area contributed by atoms with Gasteiger partial charge in [-0.2, -0.15) is 0 Å². The zero-order valence-electron chi connectivity index (χ0n) is 16.0. The quantitative estimate of drug-likeness (QED) is 0.583. The molecule has 146 valence electrons. The fraction of sp³-hybridized carbons (Fsp3) is 0.250. The van der Waals surface area contributed by atoms with Crippen molar-refractivity contribution in [2.45, 2.75) is 18.1 Å². The number of hydrogen-bond acceptors (Lipinski definition) is 5. The highest BCUT2D eigenvalue weighted by molar-refractivity contribution is 7.99. The molecule has 1 unspecified atom stereocenters. The minimum absolute atomic E-state index is 0.0740. The predicted molar refractivity (Wildman–Crippen MR) is 114 cm³/mol. The number of para-hydroxylation sites is 1. The Morgan fingerprint density at radius 3 is 2.46 bits per heavy atom. The van der Waals surface area contributed by atoms with Crippen LogP contribution in [0.5, 0.6) is 0 Å². The number of carbonyl (C=O) groups is 1. The van der Waals surface area contributed by atoms with Crippen LogP contribution in [0.25, 0.3) is 5.69 Å². The van der Waals surface area contributed by atoms with E-state index in [1.165, 1.54) is 11.8 Å². The molecule has 1 aromatic heterocycles. The summed E-state index contributed by atoms with van der Waals surface area (Å²) >= 11 is 7.23. The third-order valence-electron chi connectivity index (χ3n) is 4.28. The molecule has 1 N–H and O–H groups in total. The largest absolute Gasteiger partial charge is 0.325 e. The van der Waals surface area contributed by atoms with Crippen LogP contribution in [0.2, 0.25) is 5.02 Å². The van der Waals surface area contributed by atoms with Gasteiger partial charge < -0.3 is 5.32 Å². The van der Waals surface area contributed by atoms with Crippen molar-refractivity contribution < 1.29 is 4.79 Å². The Hall–Kier alpha value is -2.35. The van der Waals surface area contributed by atoms with Crippen molar-refractivity contribution in [1.82, 2.24) is 19.7 Å². The van der Waals surface area contributed by atoms with Gasteiger partial charge >= 0.3 is 0 Å². The average Bonchev–Trinajstić information content (AvgIpc) is 3.12. The number of nitrogens with one attached hydrogen (secondary N) is 1. The van der Waals surface area contributed by atoms with Gasteiger partial charge in [-0.25, -0.2) is 0 Å². The van der Waals surface area contributed by atoms with Crippen LogP contribution >= 0.6 is 23.4 Å². The third-order valence-corrected chi connectivity index (χ3v) is 5.46. The lowest BCUT2D eigenvalue weighted by atomic mass is 10.2. The number of nitrogens with zero attached hydrogens (tertiary/aromatic N) is 4. The molecule has 0 aliphatic heterocycles. The molecule has 3 rings (SSSR count). The van der Waals surface area contributed by atoms with Crippen LogP contribution in [0.4, 0.5) is 5.69 Å². The Bertz CT molecular complexity index is 928. The van der Waals surface area contributed by atoms with Crippen LogP contribution in [-0.2, 0) is 4.79 Å². The van der Waals surface area contributed by atoms with Crippen LogP contribution in [-0.4, -0.2) is 45.4 Å². The second-order valence-corrected chi connectivity index (χ2v) is 7.87. The summed E-state index contributed by atoms with van der Waals surface area (Å²) in [6, 6.07) is 17.0. The summed E-state index contributed by atoms with van der Waals surface area (Å²) in [5, 5.41) is 12.9. The van der Waals surface area contributed by atoms with Crippen LogP contribution in [0.15, 0.2) is 59.8 Å². The topological polar surface area (TPSA) is 63.1 Å². The summed E-state index contributed by atoms with van der Waals surface area (Å²) in [5.74, 6) is 0.943. The van der Waals surface area contributed by atoms with E-state index < -0.39 is 0 Å². The van der Waals surface area contributed by atoms with E-state index in [1.807, 2.05) is 49.0 Å². The highest BCUT2D eigenvalue weighted by Gasteiger charge is 2.21. The number of benzene rings is 2. The number of amides is 1. The second-order valence-electron chi connectivity index (χ2n) is 6.50. The van der Waals surface area contributed by atoms with Crippen molar-refractivity contribution in [2.24, 2.45) is 0 Å². The van der Waals surface area contributed by atoms with Gasteiger partial charge in [-0.1, -0.05) is 41.6 Å². The van der Waals surface area contributed by atoms with Gasteiger partial charge in [0.25, 0.3) is 0 Å². The molecule has 1 atom stereocenters. The highest BCUT2D eigenvalue weighted by Crippen LogP contribution is 2.26. The average molecular weight is 416 g/mol. The molecule has 3 aromatic rings. The van der Waals surface area contributed by atoms with Crippen molar-refractivity contribution in [2.75, 3.05) is 25.2 Å². The summed E-state index contributed by atoms with van der Waals surface area (Å²) in [5.41, 5.74) is 1.68. The maximum Gasteiger partial charge on any atom is 0.234 e. The van der Waals surface area contributed by atoms with Crippen molar-refractivity contribution in [3.8, 4) is 5.69 Å². The number of anilines is 1. The van der Waals surface area contributed by atoms with Crippen molar-refractivity contribution in [3.05, 3.63) is 65.4 Å². The fourth-order valence-electron chi connectivity index (χ4n) is 2.56. The maximum atomic E-state index is 12.3. The molecule has 6 nitrogen and oxygen atoms in total. The molecule has 0 spiro atoms. The molecule has 0 fully saturated rings. The fourth-order valence-corrected chi connectivity index (χ4v) is 3.44. The zero-order chi connectivity index (χ0) is 20.1. The first-order valence-corrected chi connectivity index (χ1v) is 10.2. The van der Waals surface area contributed by atoms with Crippen LogP contribution < -0.4 is 5.32 Å². The summed E-state index contributed by atoms with van der Waals surface area (Å²) in [4.78, 5) is 14.4. The number of aromatic nitrogens is 3. The highest BCUT2D eigenvalue weighted by atomic mass is 35.5. The van der Waals surface area contributed by atoms with E-state index in [0.29, 0.717) is 15.9 Å². The first kappa shape index (κ1) is 20.4. The number of rotatable bonds is 7. The molecule has 1 amide bonds. The van der Waals surface area contributed by atoms with Gasteiger partial charge in [0.2, 0.25) is 5.91 Å². The van der Waals surface area contributed by atoms with E-state index in [1.54, 1.807) is 24.3 Å². The molecular formula is C20H22ClN5OS. The van der Waals surface area contributed by atoms with E-state index in [9.17, 15) is 4.79 Å². The standard InChI is InChI=1S/C20H22ClN5OS/c1-14(25(2)3)19-23-24-20(26(19)17-7-5-4-6-8-17)28-13-18(27)22-16-11-9-15(21)10-12-16/h4-12,14H,13H2,1-3H3,(H,22,27). The van der Waals surface area contributed by atoms with Crippen molar-refractivity contribution >= 4 is 35.0 Å². The molecule has 2 aromatic carbocycles. The molecular weight excluding hydrogens is 394 g/mol. The number of halogens is 1. The van der Waals surface area contributed by atoms with Gasteiger partial charge in [-0.3, -0.25) is 14.3 Å². The lowest BCUT2D eigenvalue weighted by Crippen LogP contribution is -2.21. The van der Waals surface area contributed by atoms with Gasteiger partial charge in [-0.05, 0) is 57.4 Å². The molecule has 0 aliphatic carbocycles. The lowest BCUT2D eigenvalue weighted by Gasteiger charge is -2.20. The SMILES string of the molecule is CC(c1nnc(SCC(=O)Nc2ccc(Cl)cc2)n1-c1ccccc1)N(C)C. The van der Waals surface area contributed by atoms with Gasteiger partial charge in [0.1, 0.15) is 0 Å². The minimum atomic E-state index is -0.114. The lowest BCUT2D eigenvalue weighted by molar-refractivity contribution is -0.113.